The van der Waals surface area contributed by atoms with E-state index in [1.54, 1.807) is 25.6 Å². The molecule has 0 radical (unpaired) electrons. The van der Waals surface area contributed by atoms with Crippen LogP contribution in [-0.2, 0) is 0 Å². The van der Waals surface area contributed by atoms with Crippen molar-refractivity contribution in [3.05, 3.63) is 40.8 Å². The Morgan fingerprint density at radius 1 is 1.08 bits per heavy atom. The first-order valence-electron chi connectivity index (χ1n) is 8.52. The van der Waals surface area contributed by atoms with Crippen LogP contribution in [0.25, 0.3) is 11.6 Å². The summed E-state index contributed by atoms with van der Waals surface area (Å²) >= 11 is 1.72. The van der Waals surface area contributed by atoms with Crippen LogP contribution in [0.1, 0.15) is 10.4 Å². The molecule has 1 fully saturated rings. The van der Waals surface area contributed by atoms with Gasteiger partial charge in [-0.2, -0.15) is 5.26 Å². The molecule has 0 spiro atoms. The minimum atomic E-state index is 0.609. The van der Waals surface area contributed by atoms with E-state index in [9.17, 15) is 5.26 Å². The number of ether oxygens (including phenoxy) is 2. The first-order chi connectivity index (χ1) is 12.6. The van der Waals surface area contributed by atoms with Crippen molar-refractivity contribution in [3.63, 3.8) is 0 Å². The van der Waals surface area contributed by atoms with Crippen molar-refractivity contribution in [1.82, 2.24) is 4.90 Å². The van der Waals surface area contributed by atoms with Gasteiger partial charge < -0.3 is 19.3 Å². The number of allylic oxidation sites excluding steroid dienone is 1. The minimum Gasteiger partial charge on any atom is -0.493 e. The highest BCUT2D eigenvalue weighted by molar-refractivity contribution is 7.17. The number of rotatable bonds is 5. The van der Waals surface area contributed by atoms with E-state index >= 15 is 0 Å². The van der Waals surface area contributed by atoms with E-state index in [0.717, 1.165) is 36.6 Å². The molecule has 5 nitrogen and oxygen atoms in total. The summed E-state index contributed by atoms with van der Waals surface area (Å²) in [4.78, 5) is 5.82. The zero-order valence-corrected chi connectivity index (χ0v) is 16.2. The fourth-order valence-corrected chi connectivity index (χ4v) is 3.94. The number of nitriles is 1. The van der Waals surface area contributed by atoms with Crippen LogP contribution in [-0.4, -0.2) is 52.3 Å². The Hall–Kier alpha value is -2.49. The Morgan fingerprint density at radius 2 is 1.81 bits per heavy atom. The van der Waals surface area contributed by atoms with Gasteiger partial charge in [0.2, 0.25) is 0 Å². The molecule has 1 saturated heterocycles. The van der Waals surface area contributed by atoms with Crippen molar-refractivity contribution < 1.29 is 9.47 Å². The molecule has 1 aromatic heterocycles. The molecule has 0 N–H and O–H groups in total. The Balaban J connectivity index is 1.83. The van der Waals surface area contributed by atoms with Crippen LogP contribution in [0.15, 0.2) is 30.3 Å². The molecule has 0 bridgehead atoms. The van der Waals surface area contributed by atoms with E-state index in [1.165, 1.54) is 5.00 Å². The predicted octanol–water partition coefficient (Wildman–Crippen LogP) is 3.58. The Labute approximate surface area is 158 Å². The van der Waals surface area contributed by atoms with Crippen molar-refractivity contribution in [3.8, 4) is 17.6 Å². The van der Waals surface area contributed by atoms with Gasteiger partial charge in [0.15, 0.2) is 11.5 Å². The lowest BCUT2D eigenvalue weighted by atomic mass is 10.1. The summed E-state index contributed by atoms with van der Waals surface area (Å²) in [6, 6.07) is 12.1. The monoisotopic (exact) mass is 369 g/mol. The van der Waals surface area contributed by atoms with Gasteiger partial charge in [-0.05, 0) is 49.0 Å². The van der Waals surface area contributed by atoms with Gasteiger partial charge in [-0.15, -0.1) is 11.3 Å². The number of hydrogen-bond acceptors (Lipinski definition) is 6. The molecule has 1 aromatic carbocycles. The van der Waals surface area contributed by atoms with Crippen LogP contribution in [0.3, 0.4) is 0 Å². The Morgan fingerprint density at radius 3 is 2.46 bits per heavy atom. The van der Waals surface area contributed by atoms with Gasteiger partial charge in [-0.25, -0.2) is 0 Å². The van der Waals surface area contributed by atoms with Crippen LogP contribution < -0.4 is 14.4 Å². The Kier molecular flexibility index (Phi) is 5.82. The second kappa shape index (κ2) is 8.26. The third kappa shape index (κ3) is 4.01. The summed E-state index contributed by atoms with van der Waals surface area (Å²) in [7, 11) is 5.35. The molecular weight excluding hydrogens is 346 g/mol. The number of benzene rings is 1. The molecule has 0 unspecified atom stereocenters. The molecule has 26 heavy (non-hydrogen) atoms. The third-order valence-corrected chi connectivity index (χ3v) is 5.62. The second-order valence-corrected chi connectivity index (χ2v) is 7.30. The Bertz CT molecular complexity index is 830. The van der Waals surface area contributed by atoms with E-state index < -0.39 is 0 Å². The molecule has 1 aliphatic rings. The largest absolute Gasteiger partial charge is 0.493 e. The van der Waals surface area contributed by atoms with Gasteiger partial charge >= 0.3 is 0 Å². The minimum absolute atomic E-state index is 0.609. The molecular formula is C20H23N3O2S. The predicted molar refractivity (Wildman–Crippen MR) is 107 cm³/mol. The van der Waals surface area contributed by atoms with Gasteiger partial charge in [0.25, 0.3) is 0 Å². The van der Waals surface area contributed by atoms with Gasteiger partial charge in [0, 0.05) is 31.1 Å². The smallest absolute Gasteiger partial charge is 0.161 e. The van der Waals surface area contributed by atoms with Crippen LogP contribution in [0.5, 0.6) is 11.5 Å². The number of thiophene rings is 1. The maximum Gasteiger partial charge on any atom is 0.161 e. The molecule has 0 atom stereocenters. The summed E-state index contributed by atoms with van der Waals surface area (Å²) in [6.07, 6.45) is 1.94. The van der Waals surface area contributed by atoms with Crippen molar-refractivity contribution in [1.29, 1.82) is 5.26 Å². The molecule has 3 rings (SSSR count). The standard InChI is InChI=1S/C20H23N3O2S/c1-22-8-10-23(11-9-22)20-7-5-17(26-20)12-16(14-21)15-4-6-18(24-2)19(13-15)25-3/h4-7,12-13H,8-11H2,1-3H3. The van der Waals surface area contributed by atoms with Crippen LogP contribution in [0.4, 0.5) is 5.00 Å². The number of anilines is 1. The molecule has 2 aromatic rings. The molecule has 0 amide bonds. The van der Waals surface area contributed by atoms with E-state index in [1.807, 2.05) is 24.3 Å². The van der Waals surface area contributed by atoms with Crippen LogP contribution in [0, 0.1) is 11.3 Å². The average Bonchev–Trinajstić information content (AvgIpc) is 3.14. The lowest BCUT2D eigenvalue weighted by Gasteiger charge is -2.32. The van der Waals surface area contributed by atoms with E-state index in [0.29, 0.717) is 17.1 Å². The highest BCUT2D eigenvalue weighted by Gasteiger charge is 2.16. The SMILES string of the molecule is COc1ccc(C(C#N)=Cc2ccc(N3CCN(C)CC3)s2)cc1OC. The maximum absolute atomic E-state index is 9.61. The van der Waals surface area contributed by atoms with Crippen molar-refractivity contribution in [2.75, 3.05) is 52.3 Å². The fraction of sp³-hybridized carbons (Fsp3) is 0.350. The number of hydrogen-bond donors (Lipinski definition) is 0. The lowest BCUT2D eigenvalue weighted by Crippen LogP contribution is -2.44. The van der Waals surface area contributed by atoms with E-state index in [2.05, 4.69) is 35.0 Å². The first kappa shape index (κ1) is 18.3. The van der Waals surface area contributed by atoms with Crippen LogP contribution >= 0.6 is 11.3 Å². The van der Waals surface area contributed by atoms with Gasteiger partial charge in [-0.3, -0.25) is 0 Å². The summed E-state index contributed by atoms with van der Waals surface area (Å²) in [5, 5.41) is 10.9. The lowest BCUT2D eigenvalue weighted by molar-refractivity contribution is 0.313. The van der Waals surface area contributed by atoms with Gasteiger partial charge in [0.1, 0.15) is 0 Å². The van der Waals surface area contributed by atoms with E-state index in [-0.39, 0.29) is 0 Å². The first-order valence-corrected chi connectivity index (χ1v) is 9.33. The summed E-state index contributed by atoms with van der Waals surface area (Å²) < 4.78 is 10.6. The molecule has 0 saturated carbocycles. The molecule has 6 heteroatoms. The molecule has 2 heterocycles. The zero-order chi connectivity index (χ0) is 18.5. The summed E-state index contributed by atoms with van der Waals surface area (Å²) in [5.74, 6) is 1.28. The van der Waals surface area contributed by atoms with Crippen molar-refractivity contribution >= 4 is 28.0 Å². The number of likely N-dealkylation sites (N-methyl/N-ethyl adjacent to an activating group) is 1. The van der Waals surface area contributed by atoms with Crippen molar-refractivity contribution in [2.24, 2.45) is 0 Å². The van der Waals surface area contributed by atoms with Crippen molar-refractivity contribution in [2.45, 2.75) is 0 Å². The molecule has 136 valence electrons. The van der Waals surface area contributed by atoms with Gasteiger partial charge in [-0.1, -0.05) is 0 Å². The highest BCUT2D eigenvalue weighted by atomic mass is 32.1. The average molecular weight is 369 g/mol. The number of nitrogens with zero attached hydrogens (tertiary/aromatic N) is 3. The highest BCUT2D eigenvalue weighted by Crippen LogP contribution is 2.33. The topological polar surface area (TPSA) is 48.7 Å². The summed E-state index contributed by atoms with van der Waals surface area (Å²) in [6.45, 7) is 4.25. The zero-order valence-electron chi connectivity index (χ0n) is 15.4. The fourth-order valence-electron chi connectivity index (χ4n) is 2.94. The number of methoxy groups -OCH3 is 2. The normalized spacial score (nSPS) is 15.6. The third-order valence-electron chi connectivity index (χ3n) is 4.53. The quantitative estimate of drug-likeness (QED) is 0.754. The molecule has 0 aliphatic carbocycles. The van der Waals surface area contributed by atoms with E-state index in [4.69, 9.17) is 9.47 Å². The van der Waals surface area contributed by atoms with Gasteiger partial charge in [0.05, 0.1) is 30.9 Å². The maximum atomic E-state index is 9.61. The van der Waals surface area contributed by atoms with Crippen LogP contribution in [0.2, 0.25) is 0 Å². The number of piperazine rings is 1. The summed E-state index contributed by atoms with van der Waals surface area (Å²) in [5.41, 5.74) is 1.43. The second-order valence-electron chi connectivity index (χ2n) is 6.21. The molecule has 1 aliphatic heterocycles.